The van der Waals surface area contributed by atoms with Crippen LogP contribution in [0.25, 0.3) is 0 Å². The first-order valence-corrected chi connectivity index (χ1v) is 9.67. The monoisotopic (exact) mass is 336 g/mol. The zero-order chi connectivity index (χ0) is 17.2. The van der Waals surface area contributed by atoms with Crippen molar-refractivity contribution in [2.24, 2.45) is 11.3 Å². The number of rotatable bonds is 6. The van der Waals surface area contributed by atoms with Crippen molar-refractivity contribution in [1.82, 2.24) is 10.2 Å². The van der Waals surface area contributed by atoms with Gasteiger partial charge in [-0.25, -0.2) is 0 Å². The number of likely N-dealkylation sites (tertiary alicyclic amines) is 1. The van der Waals surface area contributed by atoms with Crippen LogP contribution >= 0.6 is 0 Å². The molecule has 2 atom stereocenters. The van der Waals surface area contributed by atoms with E-state index in [1.54, 1.807) is 0 Å². The van der Waals surface area contributed by atoms with Crippen molar-refractivity contribution < 1.29 is 14.3 Å². The molecule has 0 bridgehead atoms. The van der Waals surface area contributed by atoms with Crippen LogP contribution in [0, 0.1) is 11.3 Å². The van der Waals surface area contributed by atoms with E-state index in [0.29, 0.717) is 17.9 Å². The van der Waals surface area contributed by atoms with E-state index >= 15 is 0 Å². The van der Waals surface area contributed by atoms with E-state index in [4.69, 9.17) is 4.74 Å². The molecule has 0 aromatic carbocycles. The fraction of sp³-hybridized carbons (Fsp3) is 0.895. The molecule has 136 valence electrons. The SMILES string of the molecule is CC(=O)NC(C(=O)N1CC2(CCC2)C1)C(C)OCC1CCCCC1. The smallest absolute Gasteiger partial charge is 0.247 e. The Kier molecular flexibility index (Phi) is 5.48. The van der Waals surface area contributed by atoms with Crippen LogP contribution in [0.1, 0.15) is 65.2 Å². The predicted octanol–water partition coefficient (Wildman–Crippen LogP) is 2.49. The van der Waals surface area contributed by atoms with Crippen molar-refractivity contribution >= 4 is 11.8 Å². The Hall–Kier alpha value is -1.10. The molecule has 2 amide bonds. The zero-order valence-corrected chi connectivity index (χ0v) is 15.2. The van der Waals surface area contributed by atoms with Crippen LogP contribution in [0.3, 0.4) is 0 Å². The summed E-state index contributed by atoms with van der Waals surface area (Å²) < 4.78 is 6.01. The highest BCUT2D eigenvalue weighted by atomic mass is 16.5. The highest BCUT2D eigenvalue weighted by Gasteiger charge is 2.50. The third kappa shape index (κ3) is 3.93. The van der Waals surface area contributed by atoms with Gasteiger partial charge in [0, 0.05) is 32.0 Å². The molecule has 2 saturated carbocycles. The van der Waals surface area contributed by atoms with E-state index < -0.39 is 6.04 Å². The number of amides is 2. The minimum Gasteiger partial charge on any atom is -0.376 e. The molecule has 0 aromatic heterocycles. The summed E-state index contributed by atoms with van der Waals surface area (Å²) in [7, 11) is 0. The average molecular weight is 336 g/mol. The molecule has 1 heterocycles. The van der Waals surface area contributed by atoms with Gasteiger partial charge in [-0.05, 0) is 38.5 Å². The first-order chi connectivity index (χ1) is 11.5. The second-order valence-electron chi connectivity index (χ2n) is 8.27. The number of carbonyl (C=O) groups is 2. The van der Waals surface area contributed by atoms with Gasteiger partial charge >= 0.3 is 0 Å². The first-order valence-electron chi connectivity index (χ1n) is 9.67. The fourth-order valence-corrected chi connectivity index (χ4v) is 4.45. The molecule has 1 spiro atoms. The molecule has 0 radical (unpaired) electrons. The highest BCUT2D eigenvalue weighted by Crippen LogP contribution is 2.48. The Labute approximate surface area is 145 Å². The van der Waals surface area contributed by atoms with Crippen LogP contribution in [0.15, 0.2) is 0 Å². The van der Waals surface area contributed by atoms with Crippen molar-refractivity contribution in [3.05, 3.63) is 0 Å². The summed E-state index contributed by atoms with van der Waals surface area (Å²) in [6.07, 6.45) is 9.85. The van der Waals surface area contributed by atoms with Gasteiger partial charge in [0.1, 0.15) is 6.04 Å². The van der Waals surface area contributed by atoms with Gasteiger partial charge in [0.15, 0.2) is 0 Å². The summed E-state index contributed by atoms with van der Waals surface area (Å²) in [6, 6.07) is -0.552. The topological polar surface area (TPSA) is 58.6 Å². The minimum atomic E-state index is -0.552. The molecule has 2 aliphatic carbocycles. The highest BCUT2D eigenvalue weighted by molar-refractivity contribution is 5.88. The summed E-state index contributed by atoms with van der Waals surface area (Å²) in [5, 5.41) is 2.82. The Morgan fingerprint density at radius 3 is 2.38 bits per heavy atom. The molecule has 3 aliphatic rings. The Morgan fingerprint density at radius 1 is 1.17 bits per heavy atom. The number of carbonyl (C=O) groups excluding carboxylic acids is 2. The molecule has 2 unspecified atom stereocenters. The number of nitrogens with one attached hydrogen (secondary N) is 1. The molecule has 24 heavy (non-hydrogen) atoms. The number of hydrogen-bond acceptors (Lipinski definition) is 3. The van der Waals surface area contributed by atoms with Crippen LogP contribution in [-0.4, -0.2) is 48.6 Å². The average Bonchev–Trinajstić information content (AvgIpc) is 2.48. The van der Waals surface area contributed by atoms with Gasteiger partial charge in [-0.1, -0.05) is 25.7 Å². The lowest BCUT2D eigenvalue weighted by Gasteiger charge is -2.56. The first kappa shape index (κ1) is 17.7. The number of nitrogens with zero attached hydrogens (tertiary/aromatic N) is 1. The molecule has 1 aliphatic heterocycles. The summed E-state index contributed by atoms with van der Waals surface area (Å²) >= 11 is 0. The van der Waals surface area contributed by atoms with E-state index in [2.05, 4.69) is 5.32 Å². The minimum absolute atomic E-state index is 0.0267. The normalized spacial score (nSPS) is 25.5. The van der Waals surface area contributed by atoms with E-state index in [1.807, 2.05) is 11.8 Å². The van der Waals surface area contributed by atoms with Gasteiger partial charge in [-0.15, -0.1) is 0 Å². The lowest BCUT2D eigenvalue weighted by atomic mass is 9.63. The largest absolute Gasteiger partial charge is 0.376 e. The summed E-state index contributed by atoms with van der Waals surface area (Å²) in [5.74, 6) is 0.468. The predicted molar refractivity (Wildman–Crippen MR) is 92.5 cm³/mol. The van der Waals surface area contributed by atoms with E-state index in [0.717, 1.165) is 13.1 Å². The van der Waals surface area contributed by atoms with Crippen LogP contribution in [-0.2, 0) is 14.3 Å². The Balaban J connectivity index is 1.51. The zero-order valence-electron chi connectivity index (χ0n) is 15.2. The lowest BCUT2D eigenvalue weighted by Crippen LogP contribution is -2.66. The maximum absolute atomic E-state index is 12.8. The van der Waals surface area contributed by atoms with Crippen molar-refractivity contribution in [1.29, 1.82) is 0 Å². The Morgan fingerprint density at radius 2 is 1.83 bits per heavy atom. The third-order valence-electron chi connectivity index (χ3n) is 6.19. The van der Waals surface area contributed by atoms with Crippen molar-refractivity contribution in [3.63, 3.8) is 0 Å². The van der Waals surface area contributed by atoms with Gasteiger partial charge in [0.25, 0.3) is 0 Å². The molecule has 1 N–H and O–H groups in total. The summed E-state index contributed by atoms with van der Waals surface area (Å²) in [5.41, 5.74) is 0.405. The molecular formula is C19H32N2O3. The second-order valence-corrected chi connectivity index (χ2v) is 8.27. The van der Waals surface area contributed by atoms with Crippen LogP contribution in [0.5, 0.6) is 0 Å². The summed E-state index contributed by atoms with van der Waals surface area (Å²) in [6.45, 7) is 5.81. The van der Waals surface area contributed by atoms with Crippen molar-refractivity contribution in [2.75, 3.05) is 19.7 Å². The molecular weight excluding hydrogens is 304 g/mol. The quantitative estimate of drug-likeness (QED) is 0.811. The molecule has 5 nitrogen and oxygen atoms in total. The van der Waals surface area contributed by atoms with E-state index in [1.165, 1.54) is 58.3 Å². The third-order valence-corrected chi connectivity index (χ3v) is 6.19. The van der Waals surface area contributed by atoms with E-state index in [-0.39, 0.29) is 17.9 Å². The molecule has 3 fully saturated rings. The van der Waals surface area contributed by atoms with Gasteiger partial charge in [0.05, 0.1) is 6.10 Å². The maximum atomic E-state index is 12.8. The molecule has 1 saturated heterocycles. The summed E-state index contributed by atoms with van der Waals surface area (Å²) in [4.78, 5) is 26.3. The number of ether oxygens (including phenoxy) is 1. The van der Waals surface area contributed by atoms with Crippen molar-refractivity contribution in [2.45, 2.75) is 77.4 Å². The van der Waals surface area contributed by atoms with Gasteiger partial charge in [-0.3, -0.25) is 9.59 Å². The molecule has 5 heteroatoms. The van der Waals surface area contributed by atoms with Gasteiger partial charge in [-0.2, -0.15) is 0 Å². The lowest BCUT2D eigenvalue weighted by molar-refractivity contribution is -0.157. The van der Waals surface area contributed by atoms with Gasteiger partial charge in [0.2, 0.25) is 11.8 Å². The van der Waals surface area contributed by atoms with E-state index in [9.17, 15) is 9.59 Å². The second kappa shape index (κ2) is 7.42. The van der Waals surface area contributed by atoms with Crippen LogP contribution in [0.4, 0.5) is 0 Å². The fourth-order valence-electron chi connectivity index (χ4n) is 4.45. The Bertz CT molecular complexity index is 461. The van der Waals surface area contributed by atoms with Gasteiger partial charge < -0.3 is 15.0 Å². The van der Waals surface area contributed by atoms with Crippen LogP contribution < -0.4 is 5.32 Å². The van der Waals surface area contributed by atoms with Crippen molar-refractivity contribution in [3.8, 4) is 0 Å². The molecule has 3 rings (SSSR count). The maximum Gasteiger partial charge on any atom is 0.247 e. The van der Waals surface area contributed by atoms with Crippen LogP contribution in [0.2, 0.25) is 0 Å². The molecule has 0 aromatic rings. The standard InChI is InChI=1S/C19H32N2O3/c1-14(24-11-16-7-4-3-5-8-16)17(20-15(2)22)18(23)21-12-19(13-21)9-6-10-19/h14,16-17H,3-13H2,1-2H3,(H,20,22). The number of hydrogen-bond donors (Lipinski definition) is 1.